The normalized spacial score (nSPS) is 12.0. The SMILES string of the molecule is C[NH+](CC(=O)Nc1ccc(Cl)cc1Cl)Cc1ccccc1. The highest BCUT2D eigenvalue weighted by atomic mass is 35.5. The number of hydrogen-bond donors (Lipinski definition) is 2. The first-order valence-corrected chi connectivity index (χ1v) is 7.40. The number of anilines is 1. The van der Waals surface area contributed by atoms with Crippen LogP contribution in [-0.2, 0) is 11.3 Å². The number of rotatable bonds is 5. The summed E-state index contributed by atoms with van der Waals surface area (Å²) in [5.41, 5.74) is 1.78. The fourth-order valence-corrected chi connectivity index (χ4v) is 2.52. The summed E-state index contributed by atoms with van der Waals surface area (Å²) in [6.07, 6.45) is 0. The lowest BCUT2D eigenvalue weighted by atomic mass is 10.2. The van der Waals surface area contributed by atoms with Gasteiger partial charge in [-0.05, 0) is 18.2 Å². The lowest BCUT2D eigenvalue weighted by molar-refractivity contribution is -0.885. The lowest BCUT2D eigenvalue weighted by Gasteiger charge is -2.14. The summed E-state index contributed by atoms with van der Waals surface area (Å²) in [4.78, 5) is 13.1. The van der Waals surface area contributed by atoms with E-state index in [1.807, 2.05) is 25.2 Å². The van der Waals surface area contributed by atoms with E-state index in [-0.39, 0.29) is 5.91 Å². The summed E-state index contributed by atoms with van der Waals surface area (Å²) in [5.74, 6) is -0.0762. The minimum Gasteiger partial charge on any atom is -0.326 e. The Morgan fingerprint density at radius 2 is 1.86 bits per heavy atom. The van der Waals surface area contributed by atoms with Crippen LogP contribution in [0.3, 0.4) is 0 Å². The molecule has 2 rings (SSSR count). The molecule has 0 aliphatic carbocycles. The zero-order valence-corrected chi connectivity index (χ0v) is 13.2. The van der Waals surface area contributed by atoms with E-state index in [1.54, 1.807) is 18.2 Å². The molecule has 0 aliphatic rings. The fraction of sp³-hybridized carbons (Fsp3) is 0.188. The van der Waals surface area contributed by atoms with Crippen LogP contribution in [0.5, 0.6) is 0 Å². The van der Waals surface area contributed by atoms with Crippen LogP contribution >= 0.6 is 23.2 Å². The van der Waals surface area contributed by atoms with Gasteiger partial charge < -0.3 is 10.2 Å². The summed E-state index contributed by atoms with van der Waals surface area (Å²) in [6.45, 7) is 1.16. The summed E-state index contributed by atoms with van der Waals surface area (Å²) < 4.78 is 0. The first kappa shape index (κ1) is 15.8. The summed E-state index contributed by atoms with van der Waals surface area (Å²) in [5, 5.41) is 3.79. The molecule has 2 aromatic rings. The van der Waals surface area contributed by atoms with Gasteiger partial charge in [0.25, 0.3) is 5.91 Å². The summed E-state index contributed by atoms with van der Waals surface area (Å²) in [6, 6.07) is 15.1. The van der Waals surface area contributed by atoms with E-state index in [1.165, 1.54) is 5.56 Å². The van der Waals surface area contributed by atoms with Crippen LogP contribution in [0.1, 0.15) is 5.56 Å². The molecule has 0 saturated heterocycles. The molecular weight excluding hydrogens is 307 g/mol. The molecule has 5 heteroatoms. The van der Waals surface area contributed by atoms with E-state index in [2.05, 4.69) is 17.4 Å². The molecule has 0 aliphatic heterocycles. The Bertz CT molecular complexity index is 617. The zero-order chi connectivity index (χ0) is 15.2. The molecule has 0 spiro atoms. The minimum atomic E-state index is -0.0762. The van der Waals surface area contributed by atoms with Crippen molar-refractivity contribution < 1.29 is 9.69 Å². The van der Waals surface area contributed by atoms with E-state index in [0.717, 1.165) is 11.4 Å². The second-order valence-electron chi connectivity index (χ2n) is 4.97. The van der Waals surface area contributed by atoms with Crippen molar-refractivity contribution in [2.24, 2.45) is 0 Å². The summed E-state index contributed by atoms with van der Waals surface area (Å²) >= 11 is 11.9. The van der Waals surface area contributed by atoms with Gasteiger partial charge in [-0.25, -0.2) is 0 Å². The van der Waals surface area contributed by atoms with Crippen molar-refractivity contribution in [3.05, 3.63) is 64.1 Å². The molecule has 0 heterocycles. The van der Waals surface area contributed by atoms with Gasteiger partial charge >= 0.3 is 0 Å². The Morgan fingerprint density at radius 1 is 1.14 bits per heavy atom. The first-order valence-electron chi connectivity index (χ1n) is 6.65. The minimum absolute atomic E-state index is 0.0762. The van der Waals surface area contributed by atoms with Crippen molar-refractivity contribution in [3.8, 4) is 0 Å². The fourth-order valence-electron chi connectivity index (χ4n) is 2.07. The highest BCUT2D eigenvalue weighted by Crippen LogP contribution is 2.25. The Labute approximate surface area is 134 Å². The topological polar surface area (TPSA) is 33.5 Å². The second kappa shape index (κ2) is 7.46. The number of halogens is 2. The van der Waals surface area contributed by atoms with Gasteiger partial charge in [0, 0.05) is 10.6 Å². The van der Waals surface area contributed by atoms with E-state index < -0.39 is 0 Å². The van der Waals surface area contributed by atoms with Crippen LogP contribution in [0, 0.1) is 0 Å². The summed E-state index contributed by atoms with van der Waals surface area (Å²) in [7, 11) is 1.98. The maximum Gasteiger partial charge on any atom is 0.279 e. The third kappa shape index (κ3) is 5.05. The molecule has 3 nitrogen and oxygen atoms in total. The van der Waals surface area contributed by atoms with Crippen LogP contribution < -0.4 is 10.2 Å². The van der Waals surface area contributed by atoms with Gasteiger partial charge in [-0.1, -0.05) is 53.5 Å². The third-order valence-corrected chi connectivity index (χ3v) is 3.56. The number of likely N-dealkylation sites (N-methyl/N-ethyl adjacent to an activating group) is 1. The number of hydrogen-bond acceptors (Lipinski definition) is 1. The maximum absolute atomic E-state index is 12.0. The Hall–Kier alpha value is -1.55. The maximum atomic E-state index is 12.0. The number of quaternary nitrogens is 1. The second-order valence-corrected chi connectivity index (χ2v) is 5.81. The number of amides is 1. The average molecular weight is 324 g/mol. The van der Waals surface area contributed by atoms with Crippen LogP contribution in [0.25, 0.3) is 0 Å². The number of nitrogens with one attached hydrogen (secondary N) is 2. The smallest absolute Gasteiger partial charge is 0.279 e. The number of benzene rings is 2. The molecule has 0 aromatic heterocycles. The van der Waals surface area contributed by atoms with Crippen molar-refractivity contribution in [2.75, 3.05) is 18.9 Å². The van der Waals surface area contributed by atoms with Crippen molar-refractivity contribution in [2.45, 2.75) is 6.54 Å². The monoisotopic (exact) mass is 323 g/mol. The molecule has 110 valence electrons. The van der Waals surface area contributed by atoms with E-state index in [4.69, 9.17) is 23.2 Å². The Kier molecular flexibility index (Phi) is 5.62. The van der Waals surface area contributed by atoms with Crippen LogP contribution in [0.15, 0.2) is 48.5 Å². The van der Waals surface area contributed by atoms with Gasteiger partial charge in [-0.2, -0.15) is 0 Å². The number of carbonyl (C=O) groups is 1. The first-order chi connectivity index (χ1) is 10.0. The van der Waals surface area contributed by atoms with Gasteiger partial charge in [-0.3, -0.25) is 4.79 Å². The van der Waals surface area contributed by atoms with Crippen LogP contribution in [-0.4, -0.2) is 19.5 Å². The van der Waals surface area contributed by atoms with E-state index in [0.29, 0.717) is 22.3 Å². The molecule has 21 heavy (non-hydrogen) atoms. The highest BCUT2D eigenvalue weighted by molar-refractivity contribution is 6.36. The Balaban J connectivity index is 1.89. The quantitative estimate of drug-likeness (QED) is 0.871. The molecule has 0 fully saturated rings. The van der Waals surface area contributed by atoms with Gasteiger partial charge in [0.2, 0.25) is 0 Å². The predicted octanol–water partition coefficient (Wildman–Crippen LogP) is 2.65. The molecule has 1 atom stereocenters. The molecule has 0 bridgehead atoms. The molecule has 1 unspecified atom stereocenters. The molecule has 0 radical (unpaired) electrons. The van der Waals surface area contributed by atoms with E-state index in [9.17, 15) is 4.79 Å². The van der Waals surface area contributed by atoms with Crippen molar-refractivity contribution >= 4 is 34.8 Å². The van der Waals surface area contributed by atoms with Gasteiger partial charge in [0.1, 0.15) is 6.54 Å². The average Bonchev–Trinajstić information content (AvgIpc) is 2.43. The molecule has 0 saturated carbocycles. The zero-order valence-electron chi connectivity index (χ0n) is 11.7. The lowest BCUT2D eigenvalue weighted by Crippen LogP contribution is -3.08. The van der Waals surface area contributed by atoms with Gasteiger partial charge in [0.05, 0.1) is 17.8 Å². The van der Waals surface area contributed by atoms with Gasteiger partial charge in [0.15, 0.2) is 6.54 Å². The molecular formula is C16H17Cl2N2O+. The van der Waals surface area contributed by atoms with Gasteiger partial charge in [-0.15, -0.1) is 0 Å². The molecule has 2 aromatic carbocycles. The van der Waals surface area contributed by atoms with Crippen molar-refractivity contribution in [1.82, 2.24) is 0 Å². The van der Waals surface area contributed by atoms with Crippen molar-refractivity contribution in [1.29, 1.82) is 0 Å². The van der Waals surface area contributed by atoms with Crippen LogP contribution in [0.4, 0.5) is 5.69 Å². The highest BCUT2D eigenvalue weighted by Gasteiger charge is 2.12. The Morgan fingerprint density at radius 3 is 2.52 bits per heavy atom. The third-order valence-electron chi connectivity index (χ3n) is 3.02. The van der Waals surface area contributed by atoms with Crippen molar-refractivity contribution in [3.63, 3.8) is 0 Å². The largest absolute Gasteiger partial charge is 0.326 e. The number of carbonyl (C=O) groups excluding carboxylic acids is 1. The molecule has 2 N–H and O–H groups in total. The predicted molar refractivity (Wildman–Crippen MR) is 87.0 cm³/mol. The molecule has 1 amide bonds. The van der Waals surface area contributed by atoms with Crippen LogP contribution in [0.2, 0.25) is 10.0 Å². The van der Waals surface area contributed by atoms with E-state index >= 15 is 0 Å². The standard InChI is InChI=1S/C16H16Cl2N2O/c1-20(10-12-5-3-2-4-6-12)11-16(21)19-15-8-7-13(17)9-14(15)18/h2-9H,10-11H2,1H3,(H,19,21)/p+1.